The summed E-state index contributed by atoms with van der Waals surface area (Å²) in [7, 11) is 0. The van der Waals surface area contributed by atoms with Gasteiger partial charge in [-0.2, -0.15) is 0 Å². The van der Waals surface area contributed by atoms with E-state index in [1.807, 2.05) is 24.4 Å². The zero-order valence-corrected chi connectivity index (χ0v) is 13.8. The fourth-order valence-electron chi connectivity index (χ4n) is 2.50. The van der Waals surface area contributed by atoms with Crippen molar-refractivity contribution in [2.75, 3.05) is 0 Å². The number of hydrogen-bond donors (Lipinski definition) is 2. The van der Waals surface area contributed by atoms with E-state index in [0.717, 1.165) is 28.2 Å². The third-order valence-corrected chi connectivity index (χ3v) is 3.74. The summed E-state index contributed by atoms with van der Waals surface area (Å²) < 4.78 is 0. The molecule has 3 aromatic rings. The summed E-state index contributed by atoms with van der Waals surface area (Å²) >= 11 is 0. The molecule has 4 heteroatoms. The van der Waals surface area contributed by atoms with Crippen LogP contribution in [0.15, 0.2) is 48.8 Å². The second-order valence-corrected chi connectivity index (χ2v) is 5.72. The van der Waals surface area contributed by atoms with E-state index in [4.69, 9.17) is 11.5 Å². The minimum Gasteiger partial charge on any atom is -0.316 e. The number of pyridine rings is 2. The largest absolute Gasteiger partial charge is 0.316 e. The normalized spacial score (nSPS) is 10.8. The highest BCUT2D eigenvalue weighted by atomic mass is 14.8. The Hall–Kier alpha value is -2.04. The lowest BCUT2D eigenvalue weighted by molar-refractivity contribution is 0.561. The summed E-state index contributed by atoms with van der Waals surface area (Å²) in [5.74, 6) is 0. The van der Waals surface area contributed by atoms with Crippen LogP contribution in [0, 0.1) is 0 Å². The molecule has 1 aromatic carbocycles. The molecule has 0 fully saturated rings. The van der Waals surface area contributed by atoms with Crippen molar-refractivity contribution in [2.24, 2.45) is 11.5 Å². The highest BCUT2D eigenvalue weighted by molar-refractivity contribution is 6.03. The highest BCUT2D eigenvalue weighted by Gasteiger charge is 1.99. The maximum atomic E-state index is 5.35. The van der Waals surface area contributed by atoms with Gasteiger partial charge in [0.25, 0.3) is 0 Å². The van der Waals surface area contributed by atoms with Gasteiger partial charge in [-0.3, -0.25) is 9.97 Å². The number of fused-ring (bicyclic) bond motifs is 3. The smallest absolute Gasteiger partial charge is 0.0795 e. The van der Waals surface area contributed by atoms with Crippen LogP contribution in [-0.4, -0.2) is 16.1 Å². The van der Waals surface area contributed by atoms with Crippen LogP contribution >= 0.6 is 0 Å². The van der Waals surface area contributed by atoms with Crippen LogP contribution in [0.2, 0.25) is 0 Å². The van der Waals surface area contributed by atoms with Crippen LogP contribution in [0.1, 0.15) is 39.0 Å². The molecule has 0 unspecified atom stereocenters. The summed E-state index contributed by atoms with van der Waals surface area (Å²) in [5, 5.41) is 2.28. The van der Waals surface area contributed by atoms with Crippen molar-refractivity contribution in [3.05, 3.63) is 48.8 Å². The van der Waals surface area contributed by atoms with Crippen molar-refractivity contribution in [1.82, 2.24) is 9.97 Å². The first-order chi connectivity index (χ1) is 11.2. The molecule has 0 spiro atoms. The first-order valence-corrected chi connectivity index (χ1v) is 8.32. The Morgan fingerprint density at radius 3 is 2.48 bits per heavy atom. The predicted octanol–water partition coefficient (Wildman–Crippen LogP) is 3.98. The van der Waals surface area contributed by atoms with E-state index in [1.54, 1.807) is 6.20 Å². The molecule has 0 aliphatic carbocycles. The summed E-state index contributed by atoms with van der Waals surface area (Å²) in [5.41, 5.74) is 12.7. The van der Waals surface area contributed by atoms with Gasteiger partial charge in [-0.15, -0.1) is 0 Å². The van der Waals surface area contributed by atoms with Crippen molar-refractivity contribution in [1.29, 1.82) is 0 Å². The molecule has 0 aliphatic rings. The number of benzene rings is 1. The first-order valence-electron chi connectivity index (χ1n) is 8.32. The standard InChI is InChI=1S/C12H8N2.C7H18N2/c1-3-9-5-6-11-10(4-2-7-13-11)12(9)14-8-1;1-2-3-4-5-6-7(8)9/h1-8H;7H,2-6,8-9H2,1H3. The van der Waals surface area contributed by atoms with Gasteiger partial charge in [0.05, 0.1) is 17.2 Å². The van der Waals surface area contributed by atoms with Gasteiger partial charge < -0.3 is 11.5 Å². The number of unbranched alkanes of at least 4 members (excludes halogenated alkanes) is 3. The van der Waals surface area contributed by atoms with Gasteiger partial charge in [0, 0.05) is 23.2 Å². The van der Waals surface area contributed by atoms with Gasteiger partial charge in [0.1, 0.15) is 0 Å². The molecule has 4 nitrogen and oxygen atoms in total. The molecule has 0 bridgehead atoms. The van der Waals surface area contributed by atoms with Crippen molar-refractivity contribution in [3.63, 3.8) is 0 Å². The lowest BCUT2D eigenvalue weighted by Crippen LogP contribution is -2.29. The molecule has 3 rings (SSSR count). The number of nitrogens with two attached hydrogens (primary N) is 2. The summed E-state index contributed by atoms with van der Waals surface area (Å²) in [6.07, 6.45) is 9.55. The quantitative estimate of drug-likeness (QED) is 0.424. The van der Waals surface area contributed by atoms with E-state index < -0.39 is 0 Å². The molecule has 2 heterocycles. The van der Waals surface area contributed by atoms with Crippen LogP contribution in [0.5, 0.6) is 0 Å². The van der Waals surface area contributed by atoms with E-state index in [9.17, 15) is 0 Å². The molecule has 4 N–H and O–H groups in total. The molecule has 2 aromatic heterocycles. The van der Waals surface area contributed by atoms with Crippen LogP contribution in [-0.2, 0) is 0 Å². The molecule has 122 valence electrons. The SMILES string of the molecule is CCCCCCC(N)N.c1cnc2c(c1)ccc1ncccc12. The summed E-state index contributed by atoms with van der Waals surface area (Å²) in [6.45, 7) is 2.20. The Kier molecular flexibility index (Phi) is 6.91. The Bertz CT molecular complexity index is 670. The highest BCUT2D eigenvalue weighted by Crippen LogP contribution is 2.20. The van der Waals surface area contributed by atoms with Gasteiger partial charge in [-0.05, 0) is 30.7 Å². The lowest BCUT2D eigenvalue weighted by atomic mass is 10.1. The number of nitrogens with zero attached hydrogens (tertiary/aromatic N) is 2. The molecule has 0 saturated carbocycles. The Labute approximate surface area is 137 Å². The Morgan fingerprint density at radius 1 is 0.913 bits per heavy atom. The van der Waals surface area contributed by atoms with E-state index >= 15 is 0 Å². The molecule has 0 radical (unpaired) electrons. The third-order valence-electron chi connectivity index (χ3n) is 3.74. The molecule has 0 aliphatic heterocycles. The van der Waals surface area contributed by atoms with Gasteiger partial charge in [0.2, 0.25) is 0 Å². The van der Waals surface area contributed by atoms with Crippen LogP contribution in [0.25, 0.3) is 21.8 Å². The van der Waals surface area contributed by atoms with E-state index in [2.05, 4.69) is 35.1 Å². The first kappa shape index (κ1) is 17.3. The zero-order valence-electron chi connectivity index (χ0n) is 13.8. The second kappa shape index (κ2) is 9.18. The van der Waals surface area contributed by atoms with Gasteiger partial charge in [0.15, 0.2) is 0 Å². The Morgan fingerprint density at radius 2 is 1.70 bits per heavy atom. The van der Waals surface area contributed by atoms with Crippen LogP contribution < -0.4 is 11.5 Å². The minimum absolute atomic E-state index is 0.0955. The predicted molar refractivity (Wildman–Crippen MR) is 98.0 cm³/mol. The minimum atomic E-state index is -0.0955. The van der Waals surface area contributed by atoms with Crippen molar-refractivity contribution in [3.8, 4) is 0 Å². The second-order valence-electron chi connectivity index (χ2n) is 5.72. The fourth-order valence-corrected chi connectivity index (χ4v) is 2.50. The molecule has 0 saturated heterocycles. The van der Waals surface area contributed by atoms with Crippen LogP contribution in [0.4, 0.5) is 0 Å². The molecule has 0 atom stereocenters. The molecular weight excluding hydrogens is 284 g/mol. The lowest BCUT2D eigenvalue weighted by Gasteiger charge is -2.02. The number of hydrogen-bond acceptors (Lipinski definition) is 4. The average molecular weight is 310 g/mol. The fraction of sp³-hybridized carbons (Fsp3) is 0.368. The summed E-state index contributed by atoms with van der Waals surface area (Å²) in [6, 6.07) is 12.1. The molecule has 0 amide bonds. The van der Waals surface area contributed by atoms with E-state index in [-0.39, 0.29) is 6.17 Å². The average Bonchev–Trinajstić information content (AvgIpc) is 2.59. The van der Waals surface area contributed by atoms with Crippen molar-refractivity contribution >= 4 is 21.8 Å². The molecule has 23 heavy (non-hydrogen) atoms. The molecular formula is C19H26N4. The van der Waals surface area contributed by atoms with Crippen molar-refractivity contribution < 1.29 is 0 Å². The zero-order chi connectivity index (χ0) is 16.5. The van der Waals surface area contributed by atoms with E-state index in [0.29, 0.717) is 0 Å². The number of aromatic nitrogens is 2. The summed E-state index contributed by atoms with van der Waals surface area (Å²) in [4.78, 5) is 8.66. The van der Waals surface area contributed by atoms with Gasteiger partial charge in [-0.25, -0.2) is 0 Å². The van der Waals surface area contributed by atoms with Gasteiger partial charge in [-0.1, -0.05) is 44.7 Å². The maximum Gasteiger partial charge on any atom is 0.0795 e. The third kappa shape index (κ3) is 5.27. The number of rotatable bonds is 5. The van der Waals surface area contributed by atoms with Crippen molar-refractivity contribution in [2.45, 2.75) is 45.2 Å². The monoisotopic (exact) mass is 310 g/mol. The van der Waals surface area contributed by atoms with E-state index in [1.165, 1.54) is 25.7 Å². The topological polar surface area (TPSA) is 77.8 Å². The van der Waals surface area contributed by atoms with Gasteiger partial charge >= 0.3 is 0 Å². The Balaban J connectivity index is 0.000000188. The maximum absolute atomic E-state index is 5.35. The van der Waals surface area contributed by atoms with Crippen LogP contribution in [0.3, 0.4) is 0 Å².